The van der Waals surface area contributed by atoms with Gasteiger partial charge in [-0.1, -0.05) is 46.9 Å². The van der Waals surface area contributed by atoms with Crippen LogP contribution in [0.1, 0.15) is 60.3 Å². The monoisotopic (exact) mass is 533 g/mol. The molecule has 0 aliphatic heterocycles. The first kappa shape index (κ1) is 26.4. The van der Waals surface area contributed by atoms with E-state index in [0.29, 0.717) is 18.9 Å². The summed E-state index contributed by atoms with van der Waals surface area (Å²) in [5.41, 5.74) is -0.566. The topological polar surface area (TPSA) is 55.4 Å². The van der Waals surface area contributed by atoms with Crippen molar-refractivity contribution in [1.29, 1.82) is 0 Å². The van der Waals surface area contributed by atoms with Crippen molar-refractivity contribution in [3.05, 3.63) is 73.7 Å². The molecular formula is C24H21Cl3F3NO3. The average Bonchev–Trinajstić information content (AvgIpc) is 3.09. The number of hydrogen-bond donors (Lipinski definition) is 1. The summed E-state index contributed by atoms with van der Waals surface area (Å²) >= 11 is 17.6. The Labute approximate surface area is 210 Å². The molecule has 3 rings (SSSR count). The van der Waals surface area contributed by atoms with Gasteiger partial charge in [-0.3, -0.25) is 4.79 Å². The van der Waals surface area contributed by atoms with Crippen molar-refractivity contribution in [2.75, 3.05) is 0 Å². The average molecular weight is 535 g/mol. The number of hydrogen-bond acceptors (Lipinski definition) is 3. The van der Waals surface area contributed by atoms with E-state index in [1.807, 2.05) is 0 Å². The molecule has 1 atom stereocenters. The Hall–Kier alpha value is -2.22. The molecule has 0 fully saturated rings. The van der Waals surface area contributed by atoms with Crippen molar-refractivity contribution in [3.8, 4) is 0 Å². The van der Waals surface area contributed by atoms with Gasteiger partial charge in [-0.05, 0) is 74.6 Å². The normalized spacial score (nSPS) is 16.3. The number of allylic oxidation sites excluding steroid dienone is 2. The Morgan fingerprint density at radius 3 is 2.21 bits per heavy atom. The van der Waals surface area contributed by atoms with Gasteiger partial charge >= 0.3 is 12.3 Å². The highest BCUT2D eigenvalue weighted by Gasteiger charge is 2.36. The van der Waals surface area contributed by atoms with Gasteiger partial charge in [0.1, 0.15) is 5.60 Å². The summed E-state index contributed by atoms with van der Waals surface area (Å²) in [6, 6.07) is 6.32. The number of alkyl halides is 3. The van der Waals surface area contributed by atoms with Gasteiger partial charge in [0.25, 0.3) is 0 Å². The lowest BCUT2D eigenvalue weighted by Gasteiger charge is -2.22. The van der Waals surface area contributed by atoms with Crippen LogP contribution >= 0.6 is 34.8 Å². The molecule has 34 heavy (non-hydrogen) atoms. The number of fused-ring (bicyclic) bond motifs is 1. The standard InChI is InChI=1S/C24H21Cl3F3NO3/c1-23(2,3)34-22(33)31-19-7-5-12-8-13(4-6-15(12)19)20(32)11-16(24(28,29)30)14-9-17(25)21(27)18(26)10-14/h4,6,8-11,19H,5,7H2,1-3H3,(H,31,33). The summed E-state index contributed by atoms with van der Waals surface area (Å²) in [7, 11) is 0. The Balaban J connectivity index is 1.88. The van der Waals surface area contributed by atoms with Crippen LogP contribution < -0.4 is 5.32 Å². The number of benzene rings is 2. The summed E-state index contributed by atoms with van der Waals surface area (Å²) in [6.45, 7) is 5.26. The third-order valence-electron chi connectivity index (χ3n) is 5.07. The largest absolute Gasteiger partial charge is 0.444 e. The highest BCUT2D eigenvalue weighted by Crippen LogP contribution is 2.40. The molecule has 0 radical (unpaired) electrons. The van der Waals surface area contributed by atoms with Crippen molar-refractivity contribution < 1.29 is 27.5 Å². The van der Waals surface area contributed by atoms with Crippen molar-refractivity contribution in [2.24, 2.45) is 0 Å². The van der Waals surface area contributed by atoms with Gasteiger partial charge in [-0.25, -0.2) is 4.79 Å². The van der Waals surface area contributed by atoms with Gasteiger partial charge in [-0.15, -0.1) is 0 Å². The molecule has 10 heteroatoms. The van der Waals surface area contributed by atoms with Crippen LogP contribution in [0.4, 0.5) is 18.0 Å². The zero-order valence-corrected chi connectivity index (χ0v) is 20.7. The zero-order valence-electron chi connectivity index (χ0n) is 18.4. The summed E-state index contributed by atoms with van der Waals surface area (Å²) in [6.07, 6.45) is -3.76. The van der Waals surface area contributed by atoms with E-state index in [2.05, 4.69) is 5.32 Å². The minimum Gasteiger partial charge on any atom is -0.444 e. The zero-order chi connectivity index (χ0) is 25.4. The van der Waals surface area contributed by atoms with Gasteiger partial charge in [0.15, 0.2) is 5.78 Å². The van der Waals surface area contributed by atoms with E-state index in [-0.39, 0.29) is 32.2 Å². The molecule has 1 aliphatic carbocycles. The number of ether oxygens (including phenoxy) is 1. The molecule has 0 saturated carbocycles. The third-order valence-corrected chi connectivity index (χ3v) is 6.27. The molecule has 1 N–H and O–H groups in total. The van der Waals surface area contributed by atoms with E-state index in [1.165, 1.54) is 6.07 Å². The van der Waals surface area contributed by atoms with Crippen molar-refractivity contribution in [2.45, 2.75) is 51.4 Å². The first-order chi connectivity index (χ1) is 15.7. The van der Waals surface area contributed by atoms with Crippen LogP contribution in [0.2, 0.25) is 15.1 Å². The number of alkyl carbamates (subject to hydrolysis) is 1. The van der Waals surface area contributed by atoms with Gasteiger partial charge < -0.3 is 10.1 Å². The molecule has 4 nitrogen and oxygen atoms in total. The van der Waals surface area contributed by atoms with E-state index >= 15 is 0 Å². The van der Waals surface area contributed by atoms with Crippen LogP contribution in [0.25, 0.3) is 5.57 Å². The molecule has 0 spiro atoms. The first-order valence-corrected chi connectivity index (χ1v) is 11.4. The Kier molecular flexibility index (Phi) is 7.60. The van der Waals surface area contributed by atoms with Gasteiger partial charge in [0.05, 0.1) is 26.7 Å². The molecule has 2 aromatic carbocycles. The molecule has 0 saturated heterocycles. The number of aryl methyl sites for hydroxylation is 1. The maximum absolute atomic E-state index is 13.8. The van der Waals surface area contributed by atoms with E-state index in [1.54, 1.807) is 32.9 Å². The fraction of sp³-hybridized carbons (Fsp3) is 0.333. The van der Waals surface area contributed by atoms with E-state index < -0.39 is 29.2 Å². The fourth-order valence-electron chi connectivity index (χ4n) is 3.62. The predicted octanol–water partition coefficient (Wildman–Crippen LogP) is 7.99. The predicted molar refractivity (Wildman–Crippen MR) is 127 cm³/mol. The highest BCUT2D eigenvalue weighted by molar-refractivity contribution is 6.48. The summed E-state index contributed by atoms with van der Waals surface area (Å²) < 4.78 is 46.6. The SMILES string of the molecule is CC(C)(C)OC(=O)NC1CCc2cc(C(=O)C=C(c3cc(Cl)c(Cl)c(Cl)c3)C(F)(F)F)ccc21. The summed E-state index contributed by atoms with van der Waals surface area (Å²) in [5.74, 6) is -0.833. The highest BCUT2D eigenvalue weighted by atomic mass is 35.5. The second-order valence-corrected chi connectivity index (χ2v) is 10.0. The van der Waals surface area contributed by atoms with Gasteiger partial charge in [-0.2, -0.15) is 13.2 Å². The number of rotatable bonds is 4. The summed E-state index contributed by atoms with van der Waals surface area (Å²) in [4.78, 5) is 24.9. The van der Waals surface area contributed by atoms with Crippen molar-refractivity contribution in [1.82, 2.24) is 5.32 Å². The minimum atomic E-state index is -4.84. The van der Waals surface area contributed by atoms with Crippen LogP contribution in [0.15, 0.2) is 36.4 Å². The quantitative estimate of drug-likeness (QED) is 0.246. The summed E-state index contributed by atoms with van der Waals surface area (Å²) in [5, 5.41) is 2.39. The molecule has 0 heterocycles. The van der Waals surface area contributed by atoms with Crippen molar-refractivity contribution >= 4 is 52.3 Å². The molecule has 1 amide bonds. The molecular weight excluding hydrogens is 514 g/mol. The smallest absolute Gasteiger partial charge is 0.417 e. The van der Waals surface area contributed by atoms with Crippen LogP contribution in [0.5, 0.6) is 0 Å². The number of carbonyl (C=O) groups is 2. The number of carbonyl (C=O) groups excluding carboxylic acids is 2. The second-order valence-electron chi connectivity index (χ2n) is 8.82. The van der Waals surface area contributed by atoms with Gasteiger partial charge in [0, 0.05) is 5.56 Å². The Bertz CT molecular complexity index is 1150. The first-order valence-electron chi connectivity index (χ1n) is 10.3. The number of nitrogens with one attached hydrogen (secondary N) is 1. The van der Waals surface area contributed by atoms with Crippen LogP contribution in [-0.4, -0.2) is 23.7 Å². The lowest BCUT2D eigenvalue weighted by Crippen LogP contribution is -2.34. The lowest BCUT2D eigenvalue weighted by molar-refractivity contribution is -0.0689. The third kappa shape index (κ3) is 6.26. The van der Waals surface area contributed by atoms with E-state index in [0.717, 1.165) is 23.3 Å². The molecule has 1 aliphatic rings. The van der Waals surface area contributed by atoms with E-state index in [4.69, 9.17) is 39.5 Å². The minimum absolute atomic E-state index is 0.0758. The fourth-order valence-corrected chi connectivity index (χ4v) is 4.22. The van der Waals surface area contributed by atoms with Crippen LogP contribution in [0, 0.1) is 0 Å². The van der Waals surface area contributed by atoms with Gasteiger partial charge in [0.2, 0.25) is 0 Å². The lowest BCUT2D eigenvalue weighted by atomic mass is 9.98. The number of ketones is 1. The Morgan fingerprint density at radius 1 is 1.03 bits per heavy atom. The number of halogens is 6. The molecule has 182 valence electrons. The molecule has 2 aromatic rings. The van der Waals surface area contributed by atoms with Crippen LogP contribution in [-0.2, 0) is 11.2 Å². The van der Waals surface area contributed by atoms with Crippen LogP contribution in [0.3, 0.4) is 0 Å². The molecule has 0 aromatic heterocycles. The maximum atomic E-state index is 13.8. The second kappa shape index (κ2) is 9.80. The van der Waals surface area contributed by atoms with E-state index in [9.17, 15) is 22.8 Å². The molecule has 1 unspecified atom stereocenters. The van der Waals surface area contributed by atoms with Crippen molar-refractivity contribution in [3.63, 3.8) is 0 Å². The Morgan fingerprint density at radius 2 is 1.65 bits per heavy atom. The maximum Gasteiger partial charge on any atom is 0.417 e. The molecule has 0 bridgehead atoms. The number of amides is 1.